The zero-order valence-electron chi connectivity index (χ0n) is 12.0. The van der Waals surface area contributed by atoms with Crippen molar-refractivity contribution in [3.05, 3.63) is 0 Å². The van der Waals surface area contributed by atoms with Gasteiger partial charge < -0.3 is 18.5 Å². The van der Waals surface area contributed by atoms with Crippen molar-refractivity contribution < 1.29 is 29.3 Å². The van der Waals surface area contributed by atoms with Gasteiger partial charge in [-0.3, -0.25) is 9.36 Å². The summed E-state index contributed by atoms with van der Waals surface area (Å²) in [6.07, 6.45) is -0.950. The van der Waals surface area contributed by atoms with E-state index in [0.29, 0.717) is 0 Å². The number of carbonyl (C=O) groups excluding carboxylic acids is 1. The number of ether oxygens (including phenoxy) is 2. The molecular weight excluding hydrogens is 259 g/mol. The third-order valence-corrected chi connectivity index (χ3v) is 4.50. The van der Waals surface area contributed by atoms with Crippen LogP contribution in [0, 0.1) is 0 Å². The van der Waals surface area contributed by atoms with Crippen molar-refractivity contribution in [3.8, 4) is 0 Å². The van der Waals surface area contributed by atoms with Gasteiger partial charge in [-0.05, 0) is 13.8 Å². The Hall–Kier alpha value is -0.420. The molecule has 0 N–H and O–H groups in total. The predicted molar refractivity (Wildman–Crippen MR) is 65.6 cm³/mol. The molecule has 7 heteroatoms. The molecule has 106 valence electrons. The van der Waals surface area contributed by atoms with Gasteiger partial charge in [0, 0.05) is 13.3 Å². The molecule has 0 radical (unpaired) electrons. The Balaban J connectivity index is 2.70. The highest BCUT2D eigenvalue weighted by atomic mass is 31.2. The van der Waals surface area contributed by atoms with Crippen molar-refractivity contribution >= 4 is 13.6 Å². The Bertz CT molecular complexity index is 340. The van der Waals surface area contributed by atoms with E-state index < -0.39 is 32.4 Å². The average molecular weight is 282 g/mol. The first kappa shape index (κ1) is 14.0. The lowest BCUT2D eigenvalue weighted by molar-refractivity contribution is -0.148. The molecule has 18 heavy (non-hydrogen) atoms. The molecule has 0 amide bonds. The largest absolute Gasteiger partial charge is 0.460 e. The summed E-state index contributed by atoms with van der Waals surface area (Å²) in [5.41, 5.74) is 0. The van der Waals surface area contributed by atoms with Gasteiger partial charge in [0.1, 0.15) is 12.2 Å². The Kier molecular flexibility index (Phi) is 5.63. The quantitative estimate of drug-likeness (QED) is 0.525. The summed E-state index contributed by atoms with van der Waals surface area (Å²) >= 11 is 0. The first-order valence-electron chi connectivity index (χ1n) is 6.61. The van der Waals surface area contributed by atoms with E-state index in [9.17, 15) is 9.36 Å². The van der Waals surface area contributed by atoms with Gasteiger partial charge in [-0.15, -0.1) is 0 Å². The number of rotatable bonds is 7. The van der Waals surface area contributed by atoms with Crippen molar-refractivity contribution in [2.45, 2.75) is 39.4 Å². The van der Waals surface area contributed by atoms with Gasteiger partial charge in [-0.1, -0.05) is 0 Å². The van der Waals surface area contributed by atoms with Crippen molar-refractivity contribution in [3.63, 3.8) is 0 Å². The van der Waals surface area contributed by atoms with Crippen molar-refractivity contribution in [1.82, 2.24) is 0 Å². The van der Waals surface area contributed by atoms with E-state index in [1.165, 1.54) is 6.92 Å². The fourth-order valence-corrected chi connectivity index (χ4v) is 3.60. The summed E-state index contributed by atoms with van der Waals surface area (Å²) in [4.78, 5) is 11.0. The molecule has 0 aromatic rings. The molecule has 1 aliphatic heterocycles. The van der Waals surface area contributed by atoms with Crippen LogP contribution in [0.5, 0.6) is 0 Å². The fourth-order valence-electron chi connectivity index (χ4n) is 1.77. The van der Waals surface area contributed by atoms with Crippen LogP contribution in [0.1, 0.15) is 28.6 Å². The van der Waals surface area contributed by atoms with Crippen LogP contribution in [0.2, 0.25) is 0 Å². The second kappa shape index (κ2) is 7.24. The summed E-state index contributed by atoms with van der Waals surface area (Å²) in [6, 6.07) is 0. The van der Waals surface area contributed by atoms with Crippen LogP contribution in [-0.4, -0.2) is 44.1 Å². The average Bonchev–Trinajstić information content (AvgIpc) is 2.57. The molecule has 6 nitrogen and oxygen atoms in total. The summed E-state index contributed by atoms with van der Waals surface area (Å²) < 4.78 is 40.7. The van der Waals surface area contributed by atoms with Crippen LogP contribution >= 0.6 is 7.60 Å². The Morgan fingerprint density at radius 2 is 2.06 bits per heavy atom. The van der Waals surface area contributed by atoms with Crippen molar-refractivity contribution in [1.29, 1.82) is 0 Å². The maximum atomic E-state index is 12.4. The van der Waals surface area contributed by atoms with E-state index in [2.05, 4.69) is 0 Å². The minimum absolute atomic E-state index is 0.0119. The molecule has 0 aliphatic carbocycles. The lowest BCUT2D eigenvalue weighted by Crippen LogP contribution is -2.30. The zero-order valence-corrected chi connectivity index (χ0v) is 11.9. The normalized spacial score (nSPS) is 29.1. The van der Waals surface area contributed by atoms with Crippen LogP contribution in [0.15, 0.2) is 0 Å². The maximum absolute atomic E-state index is 12.4. The number of hydrogen-bond acceptors (Lipinski definition) is 6. The minimum atomic E-state index is -3.28. The molecule has 0 saturated carbocycles. The topological polar surface area (TPSA) is 71.1 Å². The third kappa shape index (κ3) is 4.69. The van der Waals surface area contributed by atoms with Crippen molar-refractivity contribution in [2.75, 3.05) is 26.0 Å². The first-order valence-corrected chi connectivity index (χ1v) is 7.76. The molecule has 1 heterocycles. The second-order valence-corrected chi connectivity index (χ2v) is 5.96. The first-order chi connectivity index (χ1) is 8.90. The number of carbonyl (C=O) groups is 1. The van der Waals surface area contributed by atoms with Crippen molar-refractivity contribution in [2.24, 2.45) is 0 Å². The molecule has 1 unspecified atom stereocenters. The van der Waals surface area contributed by atoms with Gasteiger partial charge in [0.25, 0.3) is 0 Å². The highest BCUT2D eigenvalue weighted by Crippen LogP contribution is 2.50. The van der Waals surface area contributed by atoms with Gasteiger partial charge in [0.2, 0.25) is 0 Å². The molecule has 1 aliphatic rings. The van der Waals surface area contributed by atoms with Crippen LogP contribution in [0.25, 0.3) is 0 Å². The van der Waals surface area contributed by atoms with E-state index in [-0.39, 0.29) is 25.8 Å². The standard InChI is InChI=1S/C11H21O6P/c1-4-15-18(13,16-5-2)8-11-10(6-7-14-11)17-9(3)12/h10-11H,4-8H2,1-3H3/t10-,11-/m1/s1/i7T/t7?,10-,11-. The smallest absolute Gasteiger partial charge is 0.333 e. The Morgan fingerprint density at radius 3 is 2.56 bits per heavy atom. The monoisotopic (exact) mass is 282 g/mol. The summed E-state index contributed by atoms with van der Waals surface area (Å²) in [5, 5.41) is 0. The number of hydrogen-bond donors (Lipinski definition) is 0. The van der Waals surface area contributed by atoms with Crippen LogP contribution in [-0.2, 0) is 27.9 Å². The molecular formula is C11H21O6P. The lowest BCUT2D eigenvalue weighted by Gasteiger charge is -2.23. The van der Waals surface area contributed by atoms with Crippen LogP contribution < -0.4 is 0 Å². The van der Waals surface area contributed by atoms with Gasteiger partial charge in [-0.25, -0.2) is 0 Å². The highest BCUT2D eigenvalue weighted by molar-refractivity contribution is 7.53. The molecule has 0 bridgehead atoms. The predicted octanol–water partition coefficient (Wildman–Crippen LogP) is 1.97. The molecule has 1 rings (SSSR count). The highest BCUT2D eigenvalue weighted by Gasteiger charge is 2.38. The van der Waals surface area contributed by atoms with Crippen LogP contribution in [0.4, 0.5) is 0 Å². The molecule has 1 fully saturated rings. The van der Waals surface area contributed by atoms with Gasteiger partial charge in [0.05, 0.1) is 27.3 Å². The Labute approximate surface area is 109 Å². The van der Waals surface area contributed by atoms with E-state index in [4.69, 9.17) is 19.9 Å². The molecule has 3 atom stereocenters. The summed E-state index contributed by atoms with van der Waals surface area (Å²) in [7, 11) is -3.28. The summed E-state index contributed by atoms with van der Waals surface area (Å²) in [5.74, 6) is -0.449. The Morgan fingerprint density at radius 1 is 1.44 bits per heavy atom. The lowest BCUT2D eigenvalue weighted by atomic mass is 10.2. The van der Waals surface area contributed by atoms with E-state index >= 15 is 0 Å². The molecule has 1 saturated heterocycles. The zero-order chi connectivity index (χ0) is 14.5. The van der Waals surface area contributed by atoms with Gasteiger partial charge >= 0.3 is 13.6 Å². The molecule has 0 spiro atoms. The van der Waals surface area contributed by atoms with E-state index in [1.807, 2.05) is 0 Å². The second-order valence-electron chi connectivity index (χ2n) is 3.85. The maximum Gasteiger partial charge on any atom is 0.333 e. The van der Waals surface area contributed by atoms with E-state index in [0.717, 1.165) is 0 Å². The number of esters is 1. The van der Waals surface area contributed by atoms with Crippen LogP contribution in [0.3, 0.4) is 0 Å². The van der Waals surface area contributed by atoms with Gasteiger partial charge in [0.15, 0.2) is 0 Å². The molecule has 0 aromatic heterocycles. The minimum Gasteiger partial charge on any atom is -0.460 e. The SMILES string of the molecule is [3H]C1C[C@@H](OC(C)=O)[C@@H](CP(=O)(OCC)OCC)O1. The van der Waals surface area contributed by atoms with Gasteiger partial charge in [-0.2, -0.15) is 0 Å². The van der Waals surface area contributed by atoms with E-state index in [1.54, 1.807) is 13.8 Å². The fraction of sp³-hybridized carbons (Fsp3) is 0.909. The molecule has 0 aromatic carbocycles. The summed E-state index contributed by atoms with van der Waals surface area (Å²) in [6.45, 7) is 4.46. The third-order valence-electron chi connectivity index (χ3n) is 2.39.